The molecule has 9 nitrogen and oxygen atoms in total. The first-order valence-corrected chi connectivity index (χ1v) is 11.9. The van der Waals surface area contributed by atoms with Gasteiger partial charge in [-0.25, -0.2) is 9.78 Å². The van der Waals surface area contributed by atoms with Gasteiger partial charge in [-0.1, -0.05) is 53.2 Å². The van der Waals surface area contributed by atoms with Gasteiger partial charge in [0.2, 0.25) is 5.82 Å². The van der Waals surface area contributed by atoms with Crippen LogP contribution < -0.4 is 15.4 Å². The molecule has 2 amide bonds. The Bertz CT molecular complexity index is 1510. The van der Waals surface area contributed by atoms with Crippen molar-refractivity contribution in [1.82, 2.24) is 19.7 Å². The molecule has 0 saturated carbocycles. The molecular weight excluding hydrogens is 468 g/mol. The number of carbonyl (C=O) groups excluding carboxylic acids is 1. The largest absolute Gasteiger partial charge is 0.492 e. The second-order valence-corrected chi connectivity index (χ2v) is 8.43. The lowest BCUT2D eigenvalue weighted by molar-refractivity contribution is 0.262. The molecule has 9 heteroatoms. The van der Waals surface area contributed by atoms with Crippen molar-refractivity contribution in [3.05, 3.63) is 96.4 Å². The molecule has 0 unspecified atom stereocenters. The highest BCUT2D eigenvalue weighted by atomic mass is 16.5. The molecule has 5 rings (SSSR count). The van der Waals surface area contributed by atoms with Gasteiger partial charge in [0.1, 0.15) is 11.4 Å². The quantitative estimate of drug-likeness (QED) is 0.274. The predicted octanol–water partition coefficient (Wildman–Crippen LogP) is 6.00. The van der Waals surface area contributed by atoms with Gasteiger partial charge in [0.15, 0.2) is 0 Å². The van der Waals surface area contributed by atoms with Crippen molar-refractivity contribution in [3.8, 4) is 28.7 Å². The summed E-state index contributed by atoms with van der Waals surface area (Å²) in [6.45, 7) is 5.03. The lowest BCUT2D eigenvalue weighted by Gasteiger charge is -2.12. The minimum Gasteiger partial charge on any atom is -0.492 e. The molecule has 2 heterocycles. The number of benzene rings is 3. The van der Waals surface area contributed by atoms with E-state index in [0.717, 1.165) is 16.7 Å². The molecule has 0 spiro atoms. The zero-order chi connectivity index (χ0) is 25.6. The first-order valence-electron chi connectivity index (χ1n) is 11.9. The van der Waals surface area contributed by atoms with Crippen LogP contribution in [0.25, 0.3) is 23.0 Å². The second kappa shape index (κ2) is 10.8. The number of nitrogens with zero attached hydrogens (tertiary/aromatic N) is 4. The number of aryl methyl sites for hydroxylation is 1. The highest BCUT2D eigenvalue weighted by Crippen LogP contribution is 2.24. The molecule has 0 aliphatic carbocycles. The van der Waals surface area contributed by atoms with Crippen LogP contribution in [-0.4, -0.2) is 32.3 Å². The number of aromatic nitrogens is 4. The molecule has 2 aromatic heterocycles. The Hall–Kier alpha value is -4.92. The van der Waals surface area contributed by atoms with Gasteiger partial charge in [-0.3, -0.25) is 0 Å². The number of urea groups is 1. The maximum absolute atomic E-state index is 12.5. The molecule has 0 atom stereocenters. The molecule has 0 bridgehead atoms. The first kappa shape index (κ1) is 23.8. The topological polar surface area (TPSA) is 107 Å². The SMILES string of the molecule is CCOc1ccccc1NC(=O)Nc1ccc(Cn2cnc(-c3nc(-c4cccc(C)c4)no3)c2)cc1. The van der Waals surface area contributed by atoms with Gasteiger partial charge in [0.25, 0.3) is 5.89 Å². The van der Waals surface area contributed by atoms with Crippen LogP contribution in [0.4, 0.5) is 16.2 Å². The molecule has 2 N–H and O–H groups in total. The Morgan fingerprint density at radius 1 is 1.03 bits per heavy atom. The zero-order valence-corrected chi connectivity index (χ0v) is 20.5. The van der Waals surface area contributed by atoms with E-state index in [2.05, 4.69) is 25.8 Å². The third-order valence-electron chi connectivity index (χ3n) is 5.57. The van der Waals surface area contributed by atoms with Crippen LogP contribution in [0.2, 0.25) is 0 Å². The van der Waals surface area contributed by atoms with Crippen LogP contribution in [0, 0.1) is 6.92 Å². The highest BCUT2D eigenvalue weighted by molar-refractivity contribution is 6.00. The van der Waals surface area contributed by atoms with Crippen LogP contribution in [0.1, 0.15) is 18.1 Å². The van der Waals surface area contributed by atoms with Crippen molar-refractivity contribution in [3.63, 3.8) is 0 Å². The number of para-hydroxylation sites is 2. The summed E-state index contributed by atoms with van der Waals surface area (Å²) in [5.41, 5.74) is 4.96. The maximum atomic E-state index is 12.5. The number of imidazole rings is 1. The average Bonchev–Trinajstić information content (AvgIpc) is 3.57. The number of amides is 2. The molecule has 186 valence electrons. The van der Waals surface area contributed by atoms with E-state index in [1.165, 1.54) is 0 Å². The van der Waals surface area contributed by atoms with E-state index in [4.69, 9.17) is 9.26 Å². The van der Waals surface area contributed by atoms with Crippen LogP contribution in [-0.2, 0) is 6.54 Å². The van der Waals surface area contributed by atoms with E-state index < -0.39 is 0 Å². The number of rotatable bonds is 8. The second-order valence-electron chi connectivity index (χ2n) is 8.43. The lowest BCUT2D eigenvalue weighted by atomic mass is 10.1. The third kappa shape index (κ3) is 5.84. The van der Waals surface area contributed by atoms with Gasteiger partial charge in [0, 0.05) is 24.0 Å². The molecule has 0 aliphatic rings. The maximum Gasteiger partial charge on any atom is 0.323 e. The molecule has 5 aromatic rings. The van der Waals surface area contributed by atoms with E-state index in [1.54, 1.807) is 12.4 Å². The Labute approximate surface area is 214 Å². The number of nitrogens with one attached hydrogen (secondary N) is 2. The van der Waals surface area contributed by atoms with Crippen molar-refractivity contribution in [2.45, 2.75) is 20.4 Å². The fourth-order valence-corrected chi connectivity index (χ4v) is 3.83. The Balaban J connectivity index is 1.19. The van der Waals surface area contributed by atoms with E-state index in [9.17, 15) is 4.79 Å². The third-order valence-corrected chi connectivity index (χ3v) is 5.57. The molecule has 0 saturated heterocycles. The highest BCUT2D eigenvalue weighted by Gasteiger charge is 2.13. The van der Waals surface area contributed by atoms with Gasteiger partial charge < -0.3 is 24.5 Å². The Morgan fingerprint density at radius 3 is 2.68 bits per heavy atom. The minimum absolute atomic E-state index is 0.344. The number of hydrogen-bond donors (Lipinski definition) is 2. The summed E-state index contributed by atoms with van der Waals surface area (Å²) >= 11 is 0. The van der Waals surface area contributed by atoms with Crippen LogP contribution in [0.5, 0.6) is 5.75 Å². The van der Waals surface area contributed by atoms with Gasteiger partial charge in [-0.2, -0.15) is 4.98 Å². The lowest BCUT2D eigenvalue weighted by Crippen LogP contribution is -2.19. The molecule has 3 aromatic carbocycles. The van der Waals surface area contributed by atoms with Gasteiger partial charge in [-0.15, -0.1) is 0 Å². The summed E-state index contributed by atoms with van der Waals surface area (Å²) in [7, 11) is 0. The van der Waals surface area contributed by atoms with Crippen molar-refractivity contribution in [2.75, 3.05) is 17.2 Å². The number of anilines is 2. The smallest absolute Gasteiger partial charge is 0.323 e. The Morgan fingerprint density at radius 2 is 1.86 bits per heavy atom. The van der Waals surface area contributed by atoms with Crippen molar-refractivity contribution in [1.29, 1.82) is 0 Å². The predicted molar refractivity (Wildman–Crippen MR) is 141 cm³/mol. The molecule has 0 fully saturated rings. The van der Waals surface area contributed by atoms with Crippen molar-refractivity contribution in [2.24, 2.45) is 0 Å². The summed E-state index contributed by atoms with van der Waals surface area (Å²) in [6.07, 6.45) is 3.59. The van der Waals surface area contributed by atoms with Crippen molar-refractivity contribution < 1.29 is 14.1 Å². The van der Waals surface area contributed by atoms with Crippen molar-refractivity contribution >= 4 is 17.4 Å². The number of carbonyl (C=O) groups is 1. The summed E-state index contributed by atoms with van der Waals surface area (Å²) in [5, 5.41) is 9.76. The summed E-state index contributed by atoms with van der Waals surface area (Å²) < 4.78 is 12.9. The number of hydrogen-bond acceptors (Lipinski definition) is 6. The van der Waals surface area contributed by atoms with E-state index in [0.29, 0.717) is 47.7 Å². The summed E-state index contributed by atoms with van der Waals surface area (Å²) in [6, 6.07) is 22.5. The summed E-state index contributed by atoms with van der Waals surface area (Å²) in [4.78, 5) is 21.4. The van der Waals surface area contributed by atoms with Crippen LogP contribution in [0.3, 0.4) is 0 Å². The Kier molecular flexibility index (Phi) is 6.93. The monoisotopic (exact) mass is 494 g/mol. The molecular formula is C28H26N6O3. The standard InChI is InChI=1S/C28H26N6O3/c1-3-36-25-10-5-4-9-23(25)31-28(35)30-22-13-11-20(12-14-22)16-34-17-24(29-18-34)27-32-26(33-37-27)21-8-6-7-19(2)15-21/h4-15,17-18H,3,16H2,1-2H3,(H2,30,31,35). The van der Waals surface area contributed by atoms with E-state index in [-0.39, 0.29) is 6.03 Å². The average molecular weight is 495 g/mol. The molecule has 0 radical (unpaired) electrons. The van der Waals surface area contributed by atoms with Gasteiger partial charge in [-0.05, 0) is 49.7 Å². The molecule has 0 aliphatic heterocycles. The van der Waals surface area contributed by atoms with Crippen LogP contribution >= 0.6 is 0 Å². The number of ether oxygens (including phenoxy) is 1. The van der Waals surface area contributed by atoms with E-state index >= 15 is 0 Å². The molecule has 37 heavy (non-hydrogen) atoms. The van der Waals surface area contributed by atoms with Gasteiger partial charge >= 0.3 is 6.03 Å². The fourth-order valence-electron chi connectivity index (χ4n) is 3.83. The van der Waals surface area contributed by atoms with E-state index in [1.807, 2.05) is 91.3 Å². The summed E-state index contributed by atoms with van der Waals surface area (Å²) in [5.74, 6) is 1.52. The zero-order valence-electron chi connectivity index (χ0n) is 20.5. The van der Waals surface area contributed by atoms with Gasteiger partial charge in [0.05, 0.1) is 18.6 Å². The normalized spacial score (nSPS) is 10.8. The first-order chi connectivity index (χ1) is 18.1. The van der Waals surface area contributed by atoms with Crippen LogP contribution in [0.15, 0.2) is 89.8 Å². The fraction of sp³-hybridized carbons (Fsp3) is 0.143. The minimum atomic E-state index is -0.344.